The highest BCUT2D eigenvalue weighted by molar-refractivity contribution is 6.27. The molecule has 0 saturated carbocycles. The molecule has 1 aliphatic heterocycles. The molecule has 1 fully saturated rings. The smallest absolute Gasteiger partial charge is 0.414 e. The predicted molar refractivity (Wildman–Crippen MR) is 93.5 cm³/mol. The van der Waals surface area contributed by atoms with Crippen LogP contribution in [0.15, 0.2) is 18.2 Å². The number of piperidine rings is 1. The molecule has 0 unspecified atom stereocenters. The number of carboxylic acids is 2. The Balaban J connectivity index is 0.000000487. The zero-order valence-corrected chi connectivity index (χ0v) is 14.7. The number of aryl methyl sites for hydroxylation is 1. The Kier molecular flexibility index (Phi) is 9.07. The summed E-state index contributed by atoms with van der Waals surface area (Å²) in [7, 11) is 0. The van der Waals surface area contributed by atoms with Crippen LogP contribution in [-0.4, -0.2) is 58.2 Å². The van der Waals surface area contributed by atoms with E-state index in [1.54, 1.807) is 12.1 Å². The fourth-order valence-corrected chi connectivity index (χ4v) is 2.55. The molecule has 0 bridgehead atoms. The number of hydrogen-bond acceptors (Lipinski definition) is 6. The highest BCUT2D eigenvalue weighted by Crippen LogP contribution is 2.27. The maximum atomic E-state index is 11.0. The van der Waals surface area contributed by atoms with E-state index in [0.29, 0.717) is 12.4 Å². The summed E-state index contributed by atoms with van der Waals surface area (Å²) in [5, 5.41) is 25.8. The van der Waals surface area contributed by atoms with Crippen LogP contribution in [0.4, 0.5) is 5.69 Å². The minimum Gasteiger partial charge on any atom is -0.487 e. The summed E-state index contributed by atoms with van der Waals surface area (Å²) in [6.45, 7) is 5.72. The van der Waals surface area contributed by atoms with E-state index < -0.39 is 11.9 Å². The largest absolute Gasteiger partial charge is 0.487 e. The van der Waals surface area contributed by atoms with Gasteiger partial charge >= 0.3 is 17.6 Å². The summed E-state index contributed by atoms with van der Waals surface area (Å²) in [5.74, 6) is -3.27. The van der Waals surface area contributed by atoms with Crippen molar-refractivity contribution < 1.29 is 29.5 Å². The van der Waals surface area contributed by atoms with E-state index in [0.717, 1.165) is 18.5 Å². The lowest BCUT2D eigenvalue weighted by atomic mass is 10.1. The monoisotopic (exact) mass is 368 g/mol. The minimum atomic E-state index is -1.82. The number of benzene rings is 1. The zero-order chi connectivity index (χ0) is 19.5. The lowest BCUT2D eigenvalue weighted by Gasteiger charge is -2.26. The van der Waals surface area contributed by atoms with E-state index in [2.05, 4.69) is 4.90 Å². The molecular weight excluding hydrogens is 344 g/mol. The van der Waals surface area contributed by atoms with Gasteiger partial charge in [-0.05, 0) is 50.9 Å². The van der Waals surface area contributed by atoms with E-state index in [9.17, 15) is 10.1 Å². The van der Waals surface area contributed by atoms with Crippen LogP contribution in [0.3, 0.4) is 0 Å². The van der Waals surface area contributed by atoms with Gasteiger partial charge < -0.3 is 19.8 Å². The minimum absolute atomic E-state index is 0.0583. The first-order valence-electron chi connectivity index (χ1n) is 8.37. The molecule has 9 nitrogen and oxygen atoms in total. The Labute approximate surface area is 151 Å². The Morgan fingerprint density at radius 2 is 1.81 bits per heavy atom. The molecule has 0 spiro atoms. The van der Waals surface area contributed by atoms with Gasteiger partial charge in [0.1, 0.15) is 0 Å². The summed E-state index contributed by atoms with van der Waals surface area (Å²) in [6.07, 6.45) is 4.81. The fourth-order valence-electron chi connectivity index (χ4n) is 2.55. The van der Waals surface area contributed by atoms with Gasteiger partial charge in [-0.25, -0.2) is 9.59 Å². The fraction of sp³-hybridized carbons (Fsp3) is 0.529. The first kappa shape index (κ1) is 21.4. The first-order chi connectivity index (χ1) is 12.3. The van der Waals surface area contributed by atoms with Crippen LogP contribution in [0.5, 0.6) is 5.75 Å². The lowest BCUT2D eigenvalue weighted by molar-refractivity contribution is -0.385. The first-order valence-corrected chi connectivity index (χ1v) is 8.37. The van der Waals surface area contributed by atoms with Crippen molar-refractivity contribution in [2.75, 3.05) is 26.2 Å². The molecule has 0 aliphatic carbocycles. The molecule has 2 rings (SSSR count). The van der Waals surface area contributed by atoms with Gasteiger partial charge in [-0.15, -0.1) is 0 Å². The average molecular weight is 368 g/mol. The molecule has 0 atom stereocenters. The highest BCUT2D eigenvalue weighted by atomic mass is 16.6. The molecule has 0 aromatic heterocycles. The number of ether oxygens (including phenoxy) is 1. The molecule has 1 saturated heterocycles. The number of hydrogen-bond donors (Lipinski definition) is 2. The Bertz CT molecular complexity index is 616. The zero-order valence-electron chi connectivity index (χ0n) is 14.7. The summed E-state index contributed by atoms with van der Waals surface area (Å²) in [6, 6.07) is 5.08. The number of rotatable bonds is 6. The van der Waals surface area contributed by atoms with Crippen LogP contribution in [0.2, 0.25) is 0 Å². The lowest BCUT2D eigenvalue weighted by Crippen LogP contribution is -2.31. The van der Waals surface area contributed by atoms with Crippen molar-refractivity contribution in [2.45, 2.75) is 32.6 Å². The standard InChI is InChI=1S/C15H22N2O3.C2H2O4/c1-13-6-7-15(14(12-13)17(18)19)20-11-5-10-16-8-3-2-4-9-16;3-1(4)2(5)6/h6-7,12H,2-5,8-11H2,1H3;(H,3,4)(H,5,6). The number of aliphatic carboxylic acids is 2. The molecular formula is C17H24N2O7. The number of nitro benzene ring substituents is 1. The third kappa shape index (κ3) is 7.93. The van der Waals surface area contributed by atoms with Crippen LogP contribution in [0.1, 0.15) is 31.2 Å². The van der Waals surface area contributed by atoms with Gasteiger partial charge in [0.2, 0.25) is 0 Å². The molecule has 26 heavy (non-hydrogen) atoms. The number of likely N-dealkylation sites (tertiary alicyclic amines) is 1. The van der Waals surface area contributed by atoms with Crippen molar-refractivity contribution in [3.63, 3.8) is 0 Å². The van der Waals surface area contributed by atoms with Crippen molar-refractivity contribution >= 4 is 17.6 Å². The third-order valence-electron chi connectivity index (χ3n) is 3.82. The van der Waals surface area contributed by atoms with Crippen LogP contribution < -0.4 is 4.74 Å². The highest BCUT2D eigenvalue weighted by Gasteiger charge is 2.15. The molecule has 1 aromatic rings. The molecule has 1 aliphatic rings. The maximum absolute atomic E-state index is 11.0. The number of carbonyl (C=O) groups is 2. The van der Waals surface area contributed by atoms with Gasteiger partial charge in [0.15, 0.2) is 5.75 Å². The van der Waals surface area contributed by atoms with E-state index in [-0.39, 0.29) is 10.6 Å². The predicted octanol–water partition coefficient (Wildman–Crippen LogP) is 2.31. The van der Waals surface area contributed by atoms with Crippen LogP contribution in [0.25, 0.3) is 0 Å². The van der Waals surface area contributed by atoms with Crippen molar-refractivity contribution in [3.8, 4) is 5.75 Å². The van der Waals surface area contributed by atoms with Crippen molar-refractivity contribution in [2.24, 2.45) is 0 Å². The van der Waals surface area contributed by atoms with Crippen molar-refractivity contribution in [1.82, 2.24) is 4.90 Å². The normalized spacial score (nSPS) is 14.0. The van der Waals surface area contributed by atoms with Crippen molar-refractivity contribution in [1.29, 1.82) is 0 Å². The summed E-state index contributed by atoms with van der Waals surface area (Å²) < 4.78 is 5.58. The van der Waals surface area contributed by atoms with Crippen LogP contribution in [-0.2, 0) is 9.59 Å². The molecule has 0 radical (unpaired) electrons. The van der Waals surface area contributed by atoms with E-state index in [1.165, 1.54) is 32.4 Å². The quantitative estimate of drug-likeness (QED) is 0.338. The summed E-state index contributed by atoms with van der Waals surface area (Å²) in [5.41, 5.74) is 0.931. The second-order valence-corrected chi connectivity index (χ2v) is 5.94. The van der Waals surface area contributed by atoms with Gasteiger partial charge in [0.25, 0.3) is 0 Å². The number of carboxylic acid groups (broad SMARTS) is 2. The van der Waals surface area contributed by atoms with Gasteiger partial charge in [0.05, 0.1) is 11.5 Å². The van der Waals surface area contributed by atoms with E-state index in [1.807, 2.05) is 13.0 Å². The number of nitro groups is 1. The van der Waals surface area contributed by atoms with Crippen LogP contribution >= 0.6 is 0 Å². The van der Waals surface area contributed by atoms with Gasteiger partial charge in [-0.2, -0.15) is 0 Å². The summed E-state index contributed by atoms with van der Waals surface area (Å²) >= 11 is 0. The molecule has 2 N–H and O–H groups in total. The van der Waals surface area contributed by atoms with E-state index >= 15 is 0 Å². The Morgan fingerprint density at radius 3 is 2.35 bits per heavy atom. The number of nitrogens with zero attached hydrogens (tertiary/aromatic N) is 2. The van der Waals surface area contributed by atoms with Gasteiger partial charge in [-0.3, -0.25) is 10.1 Å². The third-order valence-corrected chi connectivity index (χ3v) is 3.82. The molecule has 1 heterocycles. The van der Waals surface area contributed by atoms with Gasteiger partial charge in [0, 0.05) is 12.6 Å². The molecule has 144 valence electrons. The molecule has 0 amide bonds. The van der Waals surface area contributed by atoms with E-state index in [4.69, 9.17) is 24.5 Å². The SMILES string of the molecule is Cc1ccc(OCCCN2CCCCC2)c([N+](=O)[O-])c1.O=C(O)C(=O)O. The average Bonchev–Trinajstić information content (AvgIpc) is 2.61. The Morgan fingerprint density at radius 1 is 1.19 bits per heavy atom. The Hall–Kier alpha value is -2.68. The van der Waals surface area contributed by atoms with Crippen LogP contribution in [0, 0.1) is 17.0 Å². The molecule has 1 aromatic carbocycles. The maximum Gasteiger partial charge on any atom is 0.414 e. The van der Waals surface area contributed by atoms with Gasteiger partial charge in [-0.1, -0.05) is 12.5 Å². The van der Waals surface area contributed by atoms with Crippen molar-refractivity contribution in [3.05, 3.63) is 33.9 Å². The second kappa shape index (κ2) is 11.0. The summed E-state index contributed by atoms with van der Waals surface area (Å²) in [4.78, 5) is 31.2. The topological polar surface area (TPSA) is 130 Å². The second-order valence-electron chi connectivity index (χ2n) is 5.94. The molecule has 9 heteroatoms.